The number of amides is 3. The van der Waals surface area contributed by atoms with Crippen LogP contribution in [0.1, 0.15) is 57.2 Å². The average Bonchev–Trinajstić information content (AvgIpc) is 3.68. The number of rotatable bonds is 11. The molecule has 0 saturated heterocycles. The van der Waals surface area contributed by atoms with Crippen molar-refractivity contribution in [1.29, 1.82) is 0 Å². The van der Waals surface area contributed by atoms with E-state index in [4.69, 9.17) is 4.74 Å². The average molecular weight is 528 g/mol. The summed E-state index contributed by atoms with van der Waals surface area (Å²) in [6.07, 6.45) is 3.21. The summed E-state index contributed by atoms with van der Waals surface area (Å²) in [6, 6.07) is 14.0. The van der Waals surface area contributed by atoms with Crippen molar-refractivity contribution in [3.05, 3.63) is 65.7 Å². The highest BCUT2D eigenvalue weighted by molar-refractivity contribution is 7.98. The number of phenolic OH excluding ortho intramolecular Hbond substituents is 1. The maximum Gasteiger partial charge on any atom is 0.408 e. The third kappa shape index (κ3) is 8.70. The van der Waals surface area contributed by atoms with E-state index in [-0.39, 0.29) is 23.6 Å². The Balaban J connectivity index is 1.90. The minimum atomic E-state index is -0.915. The molecule has 1 fully saturated rings. The monoisotopic (exact) mass is 527 g/mol. The van der Waals surface area contributed by atoms with Crippen LogP contribution in [0.2, 0.25) is 0 Å². The van der Waals surface area contributed by atoms with Crippen molar-refractivity contribution in [1.82, 2.24) is 15.5 Å². The maximum absolute atomic E-state index is 14.0. The molecule has 2 aromatic rings. The molecule has 2 aromatic carbocycles. The fourth-order valence-electron chi connectivity index (χ4n) is 3.97. The molecular weight excluding hydrogens is 490 g/mol. The molecule has 0 aliphatic heterocycles. The van der Waals surface area contributed by atoms with E-state index >= 15 is 0 Å². The van der Waals surface area contributed by atoms with Gasteiger partial charge < -0.3 is 25.4 Å². The molecule has 2 atom stereocenters. The normalized spacial score (nSPS) is 14.8. The van der Waals surface area contributed by atoms with Crippen LogP contribution in [0.15, 0.2) is 54.6 Å². The van der Waals surface area contributed by atoms with Gasteiger partial charge in [-0.1, -0.05) is 42.5 Å². The molecule has 2 unspecified atom stereocenters. The fraction of sp³-hybridized carbons (Fsp3) is 0.464. The van der Waals surface area contributed by atoms with Crippen molar-refractivity contribution < 1.29 is 24.2 Å². The SMILES string of the molecule is CSCCC(NC(=O)OC(C)(C)C)C(=O)N(C1CC1)C(C(=O)NCc1ccccc1)c1ccc(O)cc1. The van der Waals surface area contributed by atoms with Crippen LogP contribution < -0.4 is 10.6 Å². The summed E-state index contributed by atoms with van der Waals surface area (Å²) in [4.78, 5) is 41.9. The Morgan fingerprint density at radius 3 is 2.30 bits per heavy atom. The molecule has 1 saturated carbocycles. The van der Waals surface area contributed by atoms with Gasteiger partial charge in [-0.3, -0.25) is 9.59 Å². The zero-order valence-corrected chi connectivity index (χ0v) is 22.7. The summed E-state index contributed by atoms with van der Waals surface area (Å²) in [6.45, 7) is 5.60. The summed E-state index contributed by atoms with van der Waals surface area (Å²) in [5.74, 6) is 0.0707. The second kappa shape index (κ2) is 12.9. The second-order valence-electron chi connectivity index (χ2n) is 10.2. The number of carbonyl (C=O) groups is 3. The Bertz CT molecular complexity index is 1050. The van der Waals surface area contributed by atoms with Gasteiger partial charge in [0.2, 0.25) is 11.8 Å². The van der Waals surface area contributed by atoms with Crippen molar-refractivity contribution in [3.8, 4) is 5.75 Å². The van der Waals surface area contributed by atoms with E-state index in [0.717, 1.165) is 18.4 Å². The predicted octanol–water partition coefficient (Wildman–Crippen LogP) is 4.39. The molecule has 37 heavy (non-hydrogen) atoms. The highest BCUT2D eigenvalue weighted by Crippen LogP contribution is 2.36. The molecule has 1 aliphatic carbocycles. The number of nitrogens with one attached hydrogen (secondary N) is 2. The summed E-state index contributed by atoms with van der Waals surface area (Å²) in [5.41, 5.74) is 0.817. The van der Waals surface area contributed by atoms with E-state index in [0.29, 0.717) is 24.3 Å². The Morgan fingerprint density at radius 2 is 1.73 bits per heavy atom. The van der Waals surface area contributed by atoms with Crippen LogP contribution in [-0.4, -0.2) is 57.6 Å². The smallest absolute Gasteiger partial charge is 0.408 e. The van der Waals surface area contributed by atoms with E-state index in [9.17, 15) is 19.5 Å². The first-order chi connectivity index (χ1) is 17.6. The van der Waals surface area contributed by atoms with Crippen molar-refractivity contribution in [3.63, 3.8) is 0 Å². The first-order valence-corrected chi connectivity index (χ1v) is 13.9. The van der Waals surface area contributed by atoms with Crippen LogP contribution in [-0.2, 0) is 20.9 Å². The Labute approximate surface area is 223 Å². The molecule has 0 spiro atoms. The number of aromatic hydroxyl groups is 1. The van der Waals surface area contributed by atoms with E-state index in [1.165, 1.54) is 12.1 Å². The number of hydrogen-bond donors (Lipinski definition) is 3. The first-order valence-electron chi connectivity index (χ1n) is 12.5. The Hall–Kier alpha value is -3.20. The van der Waals surface area contributed by atoms with Crippen LogP contribution in [0.25, 0.3) is 0 Å². The minimum absolute atomic E-state index is 0.0703. The molecule has 9 heteroatoms. The van der Waals surface area contributed by atoms with Crippen molar-refractivity contribution in [2.45, 2.75) is 70.3 Å². The number of carbonyl (C=O) groups excluding carboxylic acids is 3. The third-order valence-electron chi connectivity index (χ3n) is 5.84. The number of alkyl carbamates (subject to hydrolysis) is 1. The lowest BCUT2D eigenvalue weighted by molar-refractivity contribution is -0.143. The molecule has 3 N–H and O–H groups in total. The van der Waals surface area contributed by atoms with E-state index in [1.54, 1.807) is 49.6 Å². The van der Waals surface area contributed by atoms with Gasteiger partial charge in [-0.05, 0) is 75.3 Å². The summed E-state index contributed by atoms with van der Waals surface area (Å²) < 4.78 is 5.41. The van der Waals surface area contributed by atoms with Gasteiger partial charge in [0.05, 0.1) is 0 Å². The number of benzene rings is 2. The predicted molar refractivity (Wildman–Crippen MR) is 145 cm³/mol. The van der Waals surface area contributed by atoms with Gasteiger partial charge in [0.15, 0.2) is 0 Å². The summed E-state index contributed by atoms with van der Waals surface area (Å²) in [5, 5.41) is 15.5. The summed E-state index contributed by atoms with van der Waals surface area (Å²) in [7, 11) is 0. The second-order valence-corrected chi connectivity index (χ2v) is 11.1. The Morgan fingerprint density at radius 1 is 1.08 bits per heavy atom. The van der Waals surface area contributed by atoms with E-state index < -0.39 is 23.8 Å². The minimum Gasteiger partial charge on any atom is -0.508 e. The highest BCUT2D eigenvalue weighted by Gasteiger charge is 2.44. The fourth-order valence-corrected chi connectivity index (χ4v) is 4.44. The van der Waals surface area contributed by atoms with Crippen molar-refractivity contribution in [2.75, 3.05) is 12.0 Å². The first kappa shape index (κ1) is 28.4. The topological polar surface area (TPSA) is 108 Å². The van der Waals surface area contributed by atoms with Gasteiger partial charge in [0.25, 0.3) is 0 Å². The zero-order valence-electron chi connectivity index (χ0n) is 21.9. The van der Waals surface area contributed by atoms with Gasteiger partial charge >= 0.3 is 6.09 Å². The largest absolute Gasteiger partial charge is 0.508 e. The molecule has 0 bridgehead atoms. The number of ether oxygens (including phenoxy) is 1. The Kier molecular flexibility index (Phi) is 9.86. The van der Waals surface area contributed by atoms with Crippen LogP contribution in [0.5, 0.6) is 5.75 Å². The van der Waals surface area contributed by atoms with E-state index in [1.807, 2.05) is 36.6 Å². The van der Waals surface area contributed by atoms with Crippen molar-refractivity contribution >= 4 is 29.7 Å². The van der Waals surface area contributed by atoms with Gasteiger partial charge in [-0.15, -0.1) is 0 Å². The molecular formula is C28H37N3O5S. The molecule has 0 heterocycles. The third-order valence-corrected chi connectivity index (χ3v) is 6.48. The molecule has 8 nitrogen and oxygen atoms in total. The molecule has 3 amide bonds. The number of phenols is 1. The molecule has 1 aliphatic rings. The lowest BCUT2D eigenvalue weighted by atomic mass is 10.0. The van der Waals surface area contributed by atoms with Gasteiger partial charge in [0, 0.05) is 12.6 Å². The van der Waals surface area contributed by atoms with Crippen LogP contribution in [0.3, 0.4) is 0 Å². The van der Waals surface area contributed by atoms with Crippen molar-refractivity contribution in [2.24, 2.45) is 0 Å². The quantitative estimate of drug-likeness (QED) is 0.400. The van der Waals surface area contributed by atoms with Crippen LogP contribution in [0.4, 0.5) is 4.79 Å². The van der Waals surface area contributed by atoms with Gasteiger partial charge in [-0.25, -0.2) is 4.79 Å². The molecule has 0 aromatic heterocycles. The zero-order chi connectivity index (χ0) is 27.0. The molecule has 0 radical (unpaired) electrons. The van der Waals surface area contributed by atoms with Crippen LogP contribution in [0, 0.1) is 0 Å². The molecule has 200 valence electrons. The summed E-state index contributed by atoms with van der Waals surface area (Å²) >= 11 is 1.57. The lowest BCUT2D eigenvalue weighted by Crippen LogP contribution is -2.54. The van der Waals surface area contributed by atoms with Gasteiger partial charge in [0.1, 0.15) is 23.4 Å². The maximum atomic E-state index is 14.0. The van der Waals surface area contributed by atoms with Crippen LogP contribution >= 0.6 is 11.8 Å². The van der Waals surface area contributed by atoms with E-state index in [2.05, 4.69) is 10.6 Å². The lowest BCUT2D eigenvalue weighted by Gasteiger charge is -2.34. The molecule has 3 rings (SSSR count). The van der Waals surface area contributed by atoms with Gasteiger partial charge in [-0.2, -0.15) is 11.8 Å². The number of hydrogen-bond acceptors (Lipinski definition) is 6. The number of nitrogens with zero attached hydrogens (tertiary/aromatic N) is 1. The standard InChI is InChI=1S/C28H37N3O5S/c1-28(2,3)36-27(35)30-23(16-17-37-4)26(34)31(21-12-13-21)24(20-10-14-22(32)15-11-20)25(33)29-18-19-8-6-5-7-9-19/h5-11,14-15,21,23-24,32H,12-13,16-18H2,1-4H3,(H,29,33)(H,30,35). The number of thioether (sulfide) groups is 1. The highest BCUT2D eigenvalue weighted by atomic mass is 32.2.